The van der Waals surface area contributed by atoms with Gasteiger partial charge in [-0.05, 0) is 0 Å². The standard InChI is InChI=1S/C7H7.CH4N.CH3.Sb/c1-7-5-3-2-4-6-7;1-2;;/h3-6H,1H3;2H,1H3;1H3;/q;-1;;+1. The number of hydrogen-bond donors (Lipinski definition) is 1. The molecule has 0 bridgehead atoms. The monoisotopic (exact) mass is 257 g/mol. The van der Waals surface area contributed by atoms with Crippen molar-refractivity contribution in [1.29, 1.82) is 0 Å². The van der Waals surface area contributed by atoms with Crippen molar-refractivity contribution in [2.24, 2.45) is 0 Å². The van der Waals surface area contributed by atoms with Crippen LogP contribution in [0.2, 0.25) is 4.87 Å². The average molecular weight is 258 g/mol. The molecule has 0 radical (unpaired) electrons. The summed E-state index contributed by atoms with van der Waals surface area (Å²) in [6.45, 7) is 2.13. The van der Waals surface area contributed by atoms with E-state index in [9.17, 15) is 0 Å². The summed E-state index contributed by atoms with van der Waals surface area (Å²) < 4.78 is 4.91. The van der Waals surface area contributed by atoms with Gasteiger partial charge in [0.05, 0.1) is 0 Å². The van der Waals surface area contributed by atoms with E-state index in [1.54, 1.807) is 0 Å². The van der Waals surface area contributed by atoms with E-state index in [2.05, 4.69) is 46.6 Å². The normalized spacial score (nSPS) is 10.5. The van der Waals surface area contributed by atoms with E-state index < -0.39 is 20.5 Å². The van der Waals surface area contributed by atoms with Gasteiger partial charge >= 0.3 is 76.1 Å². The quantitative estimate of drug-likeness (QED) is 0.781. The second-order valence-electron chi connectivity index (χ2n) is 2.62. The summed E-state index contributed by atoms with van der Waals surface area (Å²) in [7, 11) is 2.06. The molecule has 0 aliphatic carbocycles. The number of hydrogen-bond acceptors (Lipinski definition) is 1. The Hall–Kier alpha value is -0.00182. The molecule has 0 unspecified atom stereocenters. The van der Waals surface area contributed by atoms with Crippen molar-refractivity contribution in [1.82, 2.24) is 3.48 Å². The zero-order valence-corrected chi connectivity index (χ0v) is 9.81. The van der Waals surface area contributed by atoms with Gasteiger partial charge in [0.2, 0.25) is 0 Å². The van der Waals surface area contributed by atoms with Gasteiger partial charge in [0, 0.05) is 0 Å². The van der Waals surface area contributed by atoms with Crippen LogP contribution in [0.3, 0.4) is 0 Å². The van der Waals surface area contributed by atoms with E-state index in [4.69, 9.17) is 0 Å². The third kappa shape index (κ3) is 2.50. The zero-order chi connectivity index (χ0) is 8.27. The van der Waals surface area contributed by atoms with Crippen LogP contribution < -0.4 is 6.99 Å². The van der Waals surface area contributed by atoms with Crippen LogP contribution in [0.15, 0.2) is 24.3 Å². The van der Waals surface area contributed by atoms with Gasteiger partial charge in [0.15, 0.2) is 0 Å². The minimum absolute atomic E-state index is 1.21. The molecule has 60 valence electrons. The fourth-order valence-corrected chi connectivity index (χ4v) is 3.34. The molecule has 0 saturated carbocycles. The molecule has 11 heavy (non-hydrogen) atoms. The molecule has 1 aromatic carbocycles. The third-order valence-electron chi connectivity index (χ3n) is 1.76. The second kappa shape index (κ2) is 4.13. The molecule has 1 rings (SSSR count). The van der Waals surface area contributed by atoms with Crippen LogP contribution in [0, 0.1) is 6.92 Å². The molecule has 1 N–H and O–H groups in total. The summed E-state index contributed by atoms with van der Waals surface area (Å²) in [4.78, 5) is 2.34. The van der Waals surface area contributed by atoms with Gasteiger partial charge in [-0.2, -0.15) is 0 Å². The van der Waals surface area contributed by atoms with Crippen molar-refractivity contribution in [3.8, 4) is 0 Å². The molecular formula is C9H14NSb. The van der Waals surface area contributed by atoms with Crippen molar-refractivity contribution >= 4 is 24.0 Å². The number of benzene rings is 1. The summed E-state index contributed by atoms with van der Waals surface area (Å²) in [5.74, 6) is 0. The molecule has 0 fully saturated rings. The van der Waals surface area contributed by atoms with Crippen molar-refractivity contribution in [3.63, 3.8) is 0 Å². The molecule has 0 saturated heterocycles. The maximum atomic E-state index is 3.38. The molecule has 0 aliphatic rings. The van der Waals surface area contributed by atoms with E-state index in [-0.39, 0.29) is 0 Å². The molecule has 0 amide bonds. The van der Waals surface area contributed by atoms with Crippen LogP contribution in [-0.4, -0.2) is 27.5 Å². The Kier molecular flexibility index (Phi) is 3.41. The van der Waals surface area contributed by atoms with Crippen molar-refractivity contribution in [2.45, 2.75) is 11.8 Å². The fourth-order valence-electron chi connectivity index (χ4n) is 0.897. The third-order valence-corrected chi connectivity index (χ3v) is 6.73. The average Bonchev–Trinajstić information content (AvgIpc) is 2.05. The Bertz CT molecular complexity index is 218. The van der Waals surface area contributed by atoms with E-state index in [1.165, 1.54) is 9.07 Å². The number of rotatable bonds is 2. The van der Waals surface area contributed by atoms with Crippen LogP contribution in [0.5, 0.6) is 0 Å². The van der Waals surface area contributed by atoms with E-state index >= 15 is 0 Å². The summed E-state index contributed by atoms with van der Waals surface area (Å²) in [5, 5.41) is 0. The molecule has 0 atom stereocenters. The Morgan fingerprint density at radius 3 is 2.18 bits per heavy atom. The molecule has 2 heteroatoms. The molecule has 0 aromatic heterocycles. The first-order valence-corrected chi connectivity index (χ1v) is 8.82. The van der Waals surface area contributed by atoms with E-state index in [1.807, 2.05) is 0 Å². The van der Waals surface area contributed by atoms with Crippen LogP contribution in [-0.2, 0) is 0 Å². The molecule has 0 aliphatic heterocycles. The number of aryl methyl sites for hydroxylation is 1. The predicted octanol–water partition coefficient (Wildman–Crippen LogP) is 1.04. The Balaban J connectivity index is 2.81. The fraction of sp³-hybridized carbons (Fsp3) is 0.333. The maximum absolute atomic E-state index is 3.38. The first-order valence-electron chi connectivity index (χ1n) is 3.72. The van der Waals surface area contributed by atoms with Crippen LogP contribution in [0.4, 0.5) is 0 Å². The zero-order valence-electron chi connectivity index (χ0n) is 7.26. The number of nitrogens with one attached hydrogen (secondary N) is 1. The van der Waals surface area contributed by atoms with Gasteiger partial charge in [0.1, 0.15) is 0 Å². The van der Waals surface area contributed by atoms with Gasteiger partial charge in [-0.25, -0.2) is 0 Å². The Morgan fingerprint density at radius 2 is 1.73 bits per heavy atom. The van der Waals surface area contributed by atoms with E-state index in [0.717, 1.165) is 0 Å². The van der Waals surface area contributed by atoms with Gasteiger partial charge in [-0.1, -0.05) is 0 Å². The van der Waals surface area contributed by atoms with Crippen LogP contribution >= 0.6 is 0 Å². The molecule has 0 heterocycles. The molecular weight excluding hydrogens is 244 g/mol. The first-order chi connectivity index (χ1) is 5.24. The summed E-state index contributed by atoms with van der Waals surface area (Å²) in [6, 6.07) is 8.87. The predicted molar refractivity (Wildman–Crippen MR) is 51.5 cm³/mol. The van der Waals surface area contributed by atoms with E-state index in [0.29, 0.717) is 0 Å². The van der Waals surface area contributed by atoms with Gasteiger partial charge < -0.3 is 0 Å². The summed E-state index contributed by atoms with van der Waals surface area (Å²) in [6.07, 6.45) is 0. The molecule has 1 aromatic rings. The van der Waals surface area contributed by atoms with Crippen LogP contribution in [0.1, 0.15) is 5.56 Å². The van der Waals surface area contributed by atoms with Gasteiger partial charge in [-0.3, -0.25) is 0 Å². The first kappa shape index (κ1) is 9.09. The van der Waals surface area contributed by atoms with Crippen molar-refractivity contribution in [3.05, 3.63) is 29.8 Å². The topological polar surface area (TPSA) is 12.0 Å². The summed E-state index contributed by atoms with van der Waals surface area (Å²) in [5.41, 5.74) is 1.35. The molecule has 0 spiro atoms. The van der Waals surface area contributed by atoms with Gasteiger partial charge in [0.25, 0.3) is 0 Å². The Morgan fingerprint density at radius 1 is 1.18 bits per heavy atom. The van der Waals surface area contributed by atoms with Crippen molar-refractivity contribution < 1.29 is 0 Å². The Labute approximate surface area is 76.1 Å². The van der Waals surface area contributed by atoms with Crippen LogP contribution in [0.25, 0.3) is 0 Å². The molecule has 1 nitrogen and oxygen atoms in total. The van der Waals surface area contributed by atoms with Gasteiger partial charge in [-0.15, -0.1) is 0 Å². The summed E-state index contributed by atoms with van der Waals surface area (Å²) >= 11 is -1.21. The second-order valence-corrected chi connectivity index (χ2v) is 8.56. The van der Waals surface area contributed by atoms with Crippen molar-refractivity contribution in [2.75, 3.05) is 7.05 Å². The minimum atomic E-state index is -1.21. The SMILES string of the molecule is C[NH][Sb]([CH3])[c]1ccc(C)cc1.